The van der Waals surface area contributed by atoms with Crippen molar-refractivity contribution in [3.05, 3.63) is 28.8 Å². The lowest BCUT2D eigenvalue weighted by Crippen LogP contribution is -2.47. The SMILES string of the molecule is N#Cc1c(Cl)cccc1N1CCN(C2CC2)CC1. The molecule has 0 spiro atoms. The lowest BCUT2D eigenvalue weighted by molar-refractivity contribution is 0.248. The zero-order chi connectivity index (χ0) is 12.5. The van der Waals surface area contributed by atoms with Crippen LogP contribution in [0.5, 0.6) is 0 Å². The Hall–Kier alpha value is -1.24. The summed E-state index contributed by atoms with van der Waals surface area (Å²) in [7, 11) is 0. The molecule has 0 radical (unpaired) electrons. The number of rotatable bonds is 2. The van der Waals surface area contributed by atoms with Gasteiger partial charge in [-0.1, -0.05) is 17.7 Å². The van der Waals surface area contributed by atoms with Crippen molar-refractivity contribution in [1.29, 1.82) is 5.26 Å². The van der Waals surface area contributed by atoms with Crippen molar-refractivity contribution in [3.8, 4) is 6.07 Å². The molecule has 2 fully saturated rings. The minimum atomic E-state index is 0.555. The van der Waals surface area contributed by atoms with Gasteiger partial charge in [-0.15, -0.1) is 0 Å². The molecule has 1 aliphatic carbocycles. The number of hydrogen-bond donors (Lipinski definition) is 0. The Labute approximate surface area is 113 Å². The smallest absolute Gasteiger partial charge is 0.103 e. The monoisotopic (exact) mass is 261 g/mol. The number of benzene rings is 1. The standard InChI is InChI=1S/C14H16ClN3/c15-13-2-1-3-14(12(13)10-16)18-8-6-17(7-9-18)11-4-5-11/h1-3,11H,4-9H2. The van der Waals surface area contributed by atoms with Crippen LogP contribution in [-0.2, 0) is 0 Å². The van der Waals surface area contributed by atoms with E-state index in [1.54, 1.807) is 6.07 Å². The van der Waals surface area contributed by atoms with E-state index in [4.69, 9.17) is 11.6 Å². The Morgan fingerprint density at radius 3 is 2.50 bits per heavy atom. The third-order valence-corrected chi connectivity index (χ3v) is 4.14. The molecule has 0 amide bonds. The Morgan fingerprint density at radius 1 is 1.17 bits per heavy atom. The first-order chi connectivity index (χ1) is 8.79. The zero-order valence-corrected chi connectivity index (χ0v) is 11.0. The summed E-state index contributed by atoms with van der Waals surface area (Å²) in [6, 6.07) is 8.76. The molecular formula is C14H16ClN3. The summed E-state index contributed by atoms with van der Waals surface area (Å²) in [5.74, 6) is 0. The van der Waals surface area contributed by atoms with Gasteiger partial charge in [-0.25, -0.2) is 0 Å². The molecule has 0 atom stereocenters. The summed E-state index contributed by atoms with van der Waals surface area (Å²) in [6.07, 6.45) is 2.72. The first kappa shape index (κ1) is 11.8. The fourth-order valence-corrected chi connectivity index (χ4v) is 2.87. The van der Waals surface area contributed by atoms with Crippen LogP contribution in [0.15, 0.2) is 18.2 Å². The molecule has 3 nitrogen and oxygen atoms in total. The van der Waals surface area contributed by atoms with Crippen LogP contribution in [0.3, 0.4) is 0 Å². The summed E-state index contributed by atoms with van der Waals surface area (Å²) in [5, 5.41) is 9.76. The predicted octanol–water partition coefficient (Wildman–Crippen LogP) is 2.50. The van der Waals surface area contributed by atoms with Crippen LogP contribution in [0.2, 0.25) is 5.02 Å². The molecule has 18 heavy (non-hydrogen) atoms. The van der Waals surface area contributed by atoms with E-state index in [0.29, 0.717) is 10.6 Å². The highest BCUT2D eigenvalue weighted by Crippen LogP contribution is 2.31. The molecule has 1 saturated carbocycles. The van der Waals surface area contributed by atoms with Crippen LogP contribution in [0.1, 0.15) is 18.4 Å². The van der Waals surface area contributed by atoms with Crippen molar-refractivity contribution >= 4 is 17.3 Å². The minimum Gasteiger partial charge on any atom is -0.368 e. The summed E-state index contributed by atoms with van der Waals surface area (Å²) < 4.78 is 0. The van der Waals surface area contributed by atoms with Gasteiger partial charge in [0.25, 0.3) is 0 Å². The van der Waals surface area contributed by atoms with E-state index >= 15 is 0 Å². The van der Waals surface area contributed by atoms with Crippen molar-refractivity contribution in [1.82, 2.24) is 4.90 Å². The van der Waals surface area contributed by atoms with Crippen LogP contribution in [0.25, 0.3) is 0 Å². The van der Waals surface area contributed by atoms with Gasteiger partial charge in [0, 0.05) is 32.2 Å². The van der Waals surface area contributed by atoms with E-state index in [0.717, 1.165) is 37.9 Å². The van der Waals surface area contributed by atoms with Crippen LogP contribution in [-0.4, -0.2) is 37.1 Å². The van der Waals surface area contributed by atoms with Crippen molar-refractivity contribution in [2.75, 3.05) is 31.1 Å². The molecule has 0 bridgehead atoms. The van der Waals surface area contributed by atoms with E-state index in [1.807, 2.05) is 12.1 Å². The molecule has 2 aliphatic rings. The predicted molar refractivity (Wildman–Crippen MR) is 73.0 cm³/mol. The average molecular weight is 262 g/mol. The van der Waals surface area contributed by atoms with Gasteiger partial charge in [0.1, 0.15) is 6.07 Å². The number of hydrogen-bond acceptors (Lipinski definition) is 3. The molecule has 0 aromatic heterocycles. The molecule has 4 heteroatoms. The van der Waals surface area contributed by atoms with Gasteiger partial charge in [0.15, 0.2) is 0 Å². The van der Waals surface area contributed by atoms with Gasteiger partial charge in [-0.2, -0.15) is 5.26 Å². The van der Waals surface area contributed by atoms with E-state index in [9.17, 15) is 5.26 Å². The Kier molecular flexibility index (Phi) is 3.15. The first-order valence-electron chi connectivity index (χ1n) is 6.47. The number of nitriles is 1. The Bertz CT molecular complexity index is 482. The van der Waals surface area contributed by atoms with Gasteiger partial charge in [-0.05, 0) is 25.0 Å². The molecule has 1 heterocycles. The second-order valence-corrected chi connectivity index (χ2v) is 5.41. The molecule has 1 aromatic rings. The molecular weight excluding hydrogens is 246 g/mol. The Morgan fingerprint density at radius 2 is 1.89 bits per heavy atom. The van der Waals surface area contributed by atoms with Crippen molar-refractivity contribution in [3.63, 3.8) is 0 Å². The van der Waals surface area contributed by atoms with Gasteiger partial charge in [-0.3, -0.25) is 4.90 Å². The molecule has 0 N–H and O–H groups in total. The van der Waals surface area contributed by atoms with Crippen LogP contribution < -0.4 is 4.90 Å². The van der Waals surface area contributed by atoms with E-state index in [2.05, 4.69) is 15.9 Å². The highest BCUT2D eigenvalue weighted by Gasteiger charge is 2.31. The first-order valence-corrected chi connectivity index (χ1v) is 6.85. The van der Waals surface area contributed by atoms with Crippen LogP contribution >= 0.6 is 11.6 Å². The highest BCUT2D eigenvalue weighted by atomic mass is 35.5. The third kappa shape index (κ3) is 2.19. The van der Waals surface area contributed by atoms with Gasteiger partial charge in [0.05, 0.1) is 16.3 Å². The Balaban J connectivity index is 1.76. The maximum Gasteiger partial charge on any atom is 0.103 e. The normalized spacial score (nSPS) is 20.8. The van der Waals surface area contributed by atoms with Crippen LogP contribution in [0, 0.1) is 11.3 Å². The second-order valence-electron chi connectivity index (χ2n) is 5.00. The number of nitrogens with zero attached hydrogens (tertiary/aromatic N) is 3. The largest absolute Gasteiger partial charge is 0.368 e. The van der Waals surface area contributed by atoms with Crippen molar-refractivity contribution in [2.24, 2.45) is 0 Å². The van der Waals surface area contributed by atoms with Crippen molar-refractivity contribution < 1.29 is 0 Å². The highest BCUT2D eigenvalue weighted by molar-refractivity contribution is 6.32. The van der Waals surface area contributed by atoms with Gasteiger partial charge in [0.2, 0.25) is 0 Å². The number of halogens is 1. The van der Waals surface area contributed by atoms with Gasteiger partial charge < -0.3 is 4.90 Å². The van der Waals surface area contributed by atoms with E-state index in [1.165, 1.54) is 12.8 Å². The zero-order valence-electron chi connectivity index (χ0n) is 10.3. The van der Waals surface area contributed by atoms with E-state index < -0.39 is 0 Å². The lowest BCUT2D eigenvalue weighted by atomic mass is 10.1. The maximum atomic E-state index is 9.21. The fraction of sp³-hybridized carbons (Fsp3) is 0.500. The summed E-state index contributed by atoms with van der Waals surface area (Å²) in [5.41, 5.74) is 1.60. The molecule has 0 unspecified atom stereocenters. The molecule has 3 rings (SSSR count). The van der Waals surface area contributed by atoms with Crippen molar-refractivity contribution in [2.45, 2.75) is 18.9 Å². The number of piperazine rings is 1. The molecule has 1 saturated heterocycles. The minimum absolute atomic E-state index is 0.555. The maximum absolute atomic E-state index is 9.21. The lowest BCUT2D eigenvalue weighted by Gasteiger charge is -2.36. The molecule has 94 valence electrons. The van der Waals surface area contributed by atoms with Crippen LogP contribution in [0.4, 0.5) is 5.69 Å². The number of anilines is 1. The average Bonchev–Trinajstić information content (AvgIpc) is 3.23. The molecule has 1 aromatic carbocycles. The summed E-state index contributed by atoms with van der Waals surface area (Å²) >= 11 is 6.08. The molecule has 1 aliphatic heterocycles. The summed E-state index contributed by atoms with van der Waals surface area (Å²) in [6.45, 7) is 4.18. The van der Waals surface area contributed by atoms with E-state index in [-0.39, 0.29) is 0 Å². The van der Waals surface area contributed by atoms with Gasteiger partial charge >= 0.3 is 0 Å². The third-order valence-electron chi connectivity index (χ3n) is 3.82. The summed E-state index contributed by atoms with van der Waals surface area (Å²) in [4.78, 5) is 4.84. The fourth-order valence-electron chi connectivity index (χ4n) is 2.65. The second kappa shape index (κ2) is 4.79. The topological polar surface area (TPSA) is 30.3 Å². The quantitative estimate of drug-likeness (QED) is 0.819.